The van der Waals surface area contributed by atoms with Crippen LogP contribution in [0, 0.1) is 0 Å². The third kappa shape index (κ3) is 6.14. The Morgan fingerprint density at radius 3 is 2.59 bits per heavy atom. The van der Waals surface area contributed by atoms with E-state index in [0.717, 1.165) is 0 Å². The maximum Gasteiger partial charge on any atom is 0.237 e. The van der Waals surface area contributed by atoms with Crippen molar-refractivity contribution in [2.45, 2.75) is 17.9 Å². The molecule has 1 aromatic heterocycles. The van der Waals surface area contributed by atoms with Gasteiger partial charge in [-0.3, -0.25) is 4.79 Å². The second kappa shape index (κ2) is 10.9. The standard InChI is InChI=1S/C21H23ClN6O3S/c1-12(19(29)24-13-8-9-16(30-2)14(22)10-13)32-11-18-26-20(23)28-21(27-18)25-15-6-4-5-7-17(15)31-3/h4-10,12H,11H2,1-3H3,(H,24,29)(H3,23,25,26,27,28). The number of carbonyl (C=O) groups is 1. The lowest BCUT2D eigenvalue weighted by molar-refractivity contribution is -0.115. The largest absolute Gasteiger partial charge is 0.495 e. The number of hydrogen-bond donors (Lipinski definition) is 3. The molecule has 4 N–H and O–H groups in total. The van der Waals surface area contributed by atoms with E-state index < -0.39 is 0 Å². The Morgan fingerprint density at radius 2 is 1.88 bits per heavy atom. The van der Waals surface area contributed by atoms with Gasteiger partial charge >= 0.3 is 0 Å². The van der Waals surface area contributed by atoms with E-state index >= 15 is 0 Å². The van der Waals surface area contributed by atoms with Crippen molar-refractivity contribution in [1.29, 1.82) is 0 Å². The van der Waals surface area contributed by atoms with Gasteiger partial charge in [-0.25, -0.2) is 0 Å². The molecule has 9 nitrogen and oxygen atoms in total. The third-order valence-corrected chi connectivity index (χ3v) is 5.74. The van der Waals surface area contributed by atoms with E-state index in [1.165, 1.54) is 18.9 Å². The minimum Gasteiger partial charge on any atom is -0.495 e. The van der Waals surface area contributed by atoms with Gasteiger partial charge in [0, 0.05) is 5.69 Å². The average molecular weight is 475 g/mol. The van der Waals surface area contributed by atoms with Gasteiger partial charge < -0.3 is 25.8 Å². The molecule has 1 heterocycles. The van der Waals surface area contributed by atoms with Gasteiger partial charge in [0.05, 0.1) is 35.9 Å². The third-order valence-electron chi connectivity index (χ3n) is 4.30. The Bertz CT molecular complexity index is 1100. The minimum atomic E-state index is -0.375. The molecule has 3 rings (SSSR count). The summed E-state index contributed by atoms with van der Waals surface area (Å²) in [4.78, 5) is 25.2. The van der Waals surface area contributed by atoms with Crippen molar-refractivity contribution in [2.24, 2.45) is 0 Å². The molecule has 0 aliphatic heterocycles. The van der Waals surface area contributed by atoms with Crippen LogP contribution in [0.2, 0.25) is 5.02 Å². The first-order valence-electron chi connectivity index (χ1n) is 9.56. The summed E-state index contributed by atoms with van der Waals surface area (Å²) in [6.45, 7) is 1.80. The van der Waals surface area contributed by atoms with Gasteiger partial charge in [0.1, 0.15) is 17.3 Å². The number of ether oxygens (including phenoxy) is 2. The van der Waals surface area contributed by atoms with E-state index in [1.54, 1.807) is 32.2 Å². The smallest absolute Gasteiger partial charge is 0.237 e. The number of rotatable bonds is 9. The number of anilines is 4. The molecule has 0 radical (unpaired) electrons. The van der Waals surface area contributed by atoms with E-state index in [0.29, 0.717) is 45.4 Å². The Kier molecular flexibility index (Phi) is 7.96. The van der Waals surface area contributed by atoms with Crippen LogP contribution in [0.3, 0.4) is 0 Å². The first kappa shape index (κ1) is 23.4. The van der Waals surface area contributed by atoms with Crippen LogP contribution in [0.15, 0.2) is 42.5 Å². The number of amides is 1. The SMILES string of the molecule is COc1ccc(NC(=O)C(C)SCc2nc(N)nc(Nc3ccccc3OC)n2)cc1Cl. The van der Waals surface area contributed by atoms with Crippen LogP contribution in [0.5, 0.6) is 11.5 Å². The number of thioether (sulfide) groups is 1. The van der Waals surface area contributed by atoms with Crippen LogP contribution in [0.25, 0.3) is 0 Å². The first-order chi connectivity index (χ1) is 15.4. The van der Waals surface area contributed by atoms with Crippen LogP contribution in [0.1, 0.15) is 12.7 Å². The van der Waals surface area contributed by atoms with Gasteiger partial charge in [0.25, 0.3) is 0 Å². The van der Waals surface area contributed by atoms with Crippen molar-refractivity contribution in [3.8, 4) is 11.5 Å². The molecule has 32 heavy (non-hydrogen) atoms. The van der Waals surface area contributed by atoms with Crippen LogP contribution in [-0.2, 0) is 10.5 Å². The molecule has 168 valence electrons. The van der Waals surface area contributed by atoms with Crippen LogP contribution in [-0.4, -0.2) is 40.3 Å². The molecule has 2 aromatic carbocycles. The zero-order chi connectivity index (χ0) is 23.1. The molecule has 11 heteroatoms. The fourth-order valence-corrected chi connectivity index (χ4v) is 3.69. The highest BCUT2D eigenvalue weighted by Gasteiger charge is 2.16. The molecular weight excluding hydrogens is 452 g/mol. The predicted molar refractivity (Wildman–Crippen MR) is 128 cm³/mol. The number of hydrogen-bond acceptors (Lipinski definition) is 9. The number of para-hydroxylation sites is 2. The maximum atomic E-state index is 12.5. The Labute approximate surface area is 195 Å². The number of benzene rings is 2. The number of aromatic nitrogens is 3. The van der Waals surface area contributed by atoms with Gasteiger partial charge in [-0.15, -0.1) is 11.8 Å². The highest BCUT2D eigenvalue weighted by molar-refractivity contribution is 7.99. The van der Waals surface area contributed by atoms with Crippen molar-refractivity contribution < 1.29 is 14.3 Å². The van der Waals surface area contributed by atoms with Crippen molar-refractivity contribution in [3.63, 3.8) is 0 Å². The number of nitrogens with two attached hydrogens (primary N) is 1. The van der Waals surface area contributed by atoms with Gasteiger partial charge in [-0.05, 0) is 37.3 Å². The molecule has 1 unspecified atom stereocenters. The summed E-state index contributed by atoms with van der Waals surface area (Å²) < 4.78 is 10.4. The van der Waals surface area contributed by atoms with Crippen LogP contribution < -0.4 is 25.8 Å². The molecule has 0 spiro atoms. The van der Waals surface area contributed by atoms with Gasteiger partial charge in [-0.2, -0.15) is 15.0 Å². The number of methoxy groups -OCH3 is 2. The molecule has 1 atom stereocenters. The molecule has 0 aliphatic rings. The highest BCUT2D eigenvalue weighted by atomic mass is 35.5. The van der Waals surface area contributed by atoms with E-state index in [2.05, 4.69) is 25.6 Å². The number of halogens is 1. The minimum absolute atomic E-state index is 0.0815. The predicted octanol–water partition coefficient (Wildman–Crippen LogP) is 4.13. The average Bonchev–Trinajstić information content (AvgIpc) is 2.77. The summed E-state index contributed by atoms with van der Waals surface area (Å²) in [5.74, 6) is 2.20. The fourth-order valence-electron chi connectivity index (χ4n) is 2.69. The van der Waals surface area contributed by atoms with Crippen LogP contribution in [0.4, 0.5) is 23.3 Å². The Balaban J connectivity index is 1.62. The summed E-state index contributed by atoms with van der Waals surface area (Å²) in [6.07, 6.45) is 0. The number of nitrogens with one attached hydrogen (secondary N) is 2. The van der Waals surface area contributed by atoms with Crippen molar-refractivity contribution >= 4 is 52.5 Å². The molecule has 0 fully saturated rings. The summed E-state index contributed by atoms with van der Waals surface area (Å²) >= 11 is 7.48. The lowest BCUT2D eigenvalue weighted by Crippen LogP contribution is -2.22. The van der Waals surface area contributed by atoms with E-state index in [-0.39, 0.29) is 17.1 Å². The molecular formula is C21H23ClN6O3S. The fraction of sp³-hybridized carbons (Fsp3) is 0.238. The van der Waals surface area contributed by atoms with E-state index in [9.17, 15) is 4.79 Å². The Hall–Kier alpha value is -3.24. The summed E-state index contributed by atoms with van der Waals surface area (Å²) in [6, 6.07) is 12.4. The lowest BCUT2D eigenvalue weighted by atomic mass is 10.3. The second-order valence-electron chi connectivity index (χ2n) is 6.55. The van der Waals surface area contributed by atoms with Crippen molar-refractivity contribution in [1.82, 2.24) is 15.0 Å². The van der Waals surface area contributed by atoms with Crippen LogP contribution >= 0.6 is 23.4 Å². The topological polar surface area (TPSA) is 124 Å². The summed E-state index contributed by atoms with van der Waals surface area (Å²) in [7, 11) is 3.11. The lowest BCUT2D eigenvalue weighted by Gasteiger charge is -2.13. The maximum absolute atomic E-state index is 12.5. The zero-order valence-electron chi connectivity index (χ0n) is 17.8. The molecule has 0 aliphatic carbocycles. The zero-order valence-corrected chi connectivity index (χ0v) is 19.3. The molecule has 0 saturated heterocycles. The van der Waals surface area contributed by atoms with Crippen molar-refractivity contribution in [2.75, 3.05) is 30.6 Å². The first-order valence-corrected chi connectivity index (χ1v) is 11.0. The van der Waals surface area contributed by atoms with E-state index in [1.807, 2.05) is 24.3 Å². The van der Waals surface area contributed by atoms with Gasteiger partial charge in [0.15, 0.2) is 0 Å². The van der Waals surface area contributed by atoms with Gasteiger partial charge in [-0.1, -0.05) is 23.7 Å². The molecule has 3 aromatic rings. The second-order valence-corrected chi connectivity index (χ2v) is 8.29. The quantitative estimate of drug-likeness (QED) is 0.419. The van der Waals surface area contributed by atoms with Crippen molar-refractivity contribution in [3.05, 3.63) is 53.3 Å². The van der Waals surface area contributed by atoms with Gasteiger partial charge in [0.2, 0.25) is 17.8 Å². The number of carbonyl (C=O) groups excluding carboxylic acids is 1. The molecule has 1 amide bonds. The van der Waals surface area contributed by atoms with E-state index in [4.69, 9.17) is 26.8 Å². The molecule has 0 bridgehead atoms. The highest BCUT2D eigenvalue weighted by Crippen LogP contribution is 2.28. The monoisotopic (exact) mass is 474 g/mol. The number of nitrogen functional groups attached to an aromatic ring is 1. The number of nitrogens with zero attached hydrogens (tertiary/aromatic N) is 3. The summed E-state index contributed by atoms with van der Waals surface area (Å²) in [5.41, 5.74) is 7.13. The normalized spacial score (nSPS) is 11.5. The molecule has 0 saturated carbocycles. The Morgan fingerprint density at radius 1 is 1.12 bits per heavy atom. The summed E-state index contributed by atoms with van der Waals surface area (Å²) in [5, 5.41) is 5.96.